The number of rotatable bonds is 9. The van der Waals surface area contributed by atoms with Gasteiger partial charge in [0.25, 0.3) is 5.91 Å². The van der Waals surface area contributed by atoms with E-state index < -0.39 is 0 Å². The molecule has 0 aliphatic heterocycles. The molecule has 0 saturated heterocycles. The second-order valence-corrected chi connectivity index (χ2v) is 7.10. The van der Waals surface area contributed by atoms with Crippen LogP contribution in [0.25, 0.3) is 5.69 Å². The highest BCUT2D eigenvalue weighted by Gasteiger charge is 2.31. The molecule has 0 bridgehead atoms. The molecule has 156 valence electrons. The van der Waals surface area contributed by atoms with Gasteiger partial charge < -0.3 is 14.8 Å². The van der Waals surface area contributed by atoms with Gasteiger partial charge in [-0.25, -0.2) is 14.0 Å². The molecule has 3 aromatic rings. The van der Waals surface area contributed by atoms with Gasteiger partial charge in [-0.15, -0.1) is 0 Å². The molecule has 0 atom stereocenters. The molecule has 1 aliphatic rings. The number of amides is 1. The number of nitrogens with zero attached hydrogens (tertiary/aromatic N) is 3. The van der Waals surface area contributed by atoms with Gasteiger partial charge in [0.2, 0.25) is 0 Å². The Morgan fingerprint density at radius 2 is 1.80 bits per heavy atom. The third-order valence-corrected chi connectivity index (χ3v) is 4.89. The molecule has 4 rings (SSSR count). The highest BCUT2D eigenvalue weighted by molar-refractivity contribution is 5.77. The molecule has 2 aromatic carbocycles. The van der Waals surface area contributed by atoms with E-state index in [4.69, 9.17) is 9.47 Å². The van der Waals surface area contributed by atoms with Crippen molar-refractivity contribution in [1.82, 2.24) is 19.7 Å². The monoisotopic (exact) mass is 408 g/mol. The average Bonchev–Trinajstić information content (AvgIpc) is 3.57. The smallest absolute Gasteiger partial charge is 0.350 e. The van der Waals surface area contributed by atoms with E-state index in [1.165, 1.54) is 4.68 Å². The maximum absolute atomic E-state index is 12.9. The van der Waals surface area contributed by atoms with E-state index in [0.29, 0.717) is 24.0 Å². The number of para-hydroxylation sites is 3. The van der Waals surface area contributed by atoms with E-state index in [1.54, 1.807) is 23.8 Å². The third kappa shape index (κ3) is 4.37. The van der Waals surface area contributed by atoms with Crippen molar-refractivity contribution in [2.45, 2.75) is 25.3 Å². The van der Waals surface area contributed by atoms with Crippen molar-refractivity contribution in [3.63, 3.8) is 0 Å². The fourth-order valence-electron chi connectivity index (χ4n) is 3.23. The van der Waals surface area contributed by atoms with Crippen LogP contribution in [0.1, 0.15) is 24.6 Å². The molecule has 1 amide bonds. The van der Waals surface area contributed by atoms with Crippen LogP contribution in [0.3, 0.4) is 0 Å². The summed E-state index contributed by atoms with van der Waals surface area (Å²) in [6, 6.07) is 16.7. The number of hydrogen-bond acceptors (Lipinski definition) is 5. The predicted molar refractivity (Wildman–Crippen MR) is 111 cm³/mol. The van der Waals surface area contributed by atoms with Crippen LogP contribution in [-0.2, 0) is 11.3 Å². The lowest BCUT2D eigenvalue weighted by molar-refractivity contribution is -0.123. The Hall–Kier alpha value is -3.55. The van der Waals surface area contributed by atoms with E-state index in [-0.39, 0.29) is 24.7 Å². The number of benzene rings is 2. The van der Waals surface area contributed by atoms with Crippen molar-refractivity contribution in [3.8, 4) is 17.2 Å². The lowest BCUT2D eigenvalue weighted by Crippen LogP contribution is -2.34. The minimum absolute atomic E-state index is 0.138. The Morgan fingerprint density at radius 3 is 2.50 bits per heavy atom. The molecule has 1 heterocycles. The zero-order valence-electron chi connectivity index (χ0n) is 16.8. The number of aromatic nitrogens is 3. The maximum Gasteiger partial charge on any atom is 0.350 e. The average molecular weight is 408 g/mol. The zero-order valence-corrected chi connectivity index (χ0v) is 16.8. The van der Waals surface area contributed by atoms with Crippen LogP contribution in [0.2, 0.25) is 0 Å². The summed E-state index contributed by atoms with van der Waals surface area (Å²) < 4.78 is 13.8. The highest BCUT2D eigenvalue weighted by atomic mass is 16.5. The number of methoxy groups -OCH3 is 1. The van der Waals surface area contributed by atoms with Crippen LogP contribution in [0.5, 0.6) is 11.5 Å². The van der Waals surface area contributed by atoms with Gasteiger partial charge in [0.15, 0.2) is 18.1 Å². The first-order valence-corrected chi connectivity index (χ1v) is 9.95. The van der Waals surface area contributed by atoms with Gasteiger partial charge in [-0.3, -0.25) is 4.79 Å². The molecule has 0 radical (unpaired) electrons. The summed E-state index contributed by atoms with van der Waals surface area (Å²) in [4.78, 5) is 25.0. The summed E-state index contributed by atoms with van der Waals surface area (Å²) in [6.07, 6.45) is 2.08. The van der Waals surface area contributed by atoms with E-state index in [1.807, 2.05) is 42.5 Å². The molecule has 1 aromatic heterocycles. The largest absolute Gasteiger partial charge is 0.493 e. The molecule has 0 spiro atoms. The third-order valence-electron chi connectivity index (χ3n) is 4.89. The topological polar surface area (TPSA) is 87.4 Å². The van der Waals surface area contributed by atoms with Crippen molar-refractivity contribution in [2.24, 2.45) is 0 Å². The molecular weight excluding hydrogens is 384 g/mol. The van der Waals surface area contributed by atoms with Gasteiger partial charge in [-0.2, -0.15) is 5.10 Å². The quantitative estimate of drug-likeness (QED) is 0.586. The lowest BCUT2D eigenvalue weighted by atomic mass is 10.3. The fraction of sp³-hybridized carbons (Fsp3) is 0.318. The summed E-state index contributed by atoms with van der Waals surface area (Å²) in [5.41, 5.74) is 0.618. The minimum Gasteiger partial charge on any atom is -0.493 e. The van der Waals surface area contributed by atoms with Crippen LogP contribution < -0.4 is 20.5 Å². The summed E-state index contributed by atoms with van der Waals surface area (Å²) in [6.45, 7) is 0.434. The van der Waals surface area contributed by atoms with E-state index in [2.05, 4.69) is 10.4 Å². The van der Waals surface area contributed by atoms with Crippen LogP contribution in [0, 0.1) is 0 Å². The van der Waals surface area contributed by atoms with Gasteiger partial charge >= 0.3 is 5.69 Å². The second-order valence-electron chi connectivity index (χ2n) is 7.10. The Bertz CT molecular complexity index is 1070. The van der Waals surface area contributed by atoms with Crippen molar-refractivity contribution >= 4 is 5.91 Å². The minimum atomic E-state index is -0.279. The first-order chi connectivity index (χ1) is 14.7. The fourth-order valence-corrected chi connectivity index (χ4v) is 3.23. The first kappa shape index (κ1) is 19.8. The van der Waals surface area contributed by atoms with E-state index in [0.717, 1.165) is 24.4 Å². The Balaban J connectivity index is 1.36. The predicted octanol–water partition coefficient (Wildman–Crippen LogP) is 2.12. The van der Waals surface area contributed by atoms with Crippen LogP contribution in [0.4, 0.5) is 0 Å². The normalized spacial score (nSPS) is 13.1. The van der Waals surface area contributed by atoms with Gasteiger partial charge in [-0.1, -0.05) is 30.3 Å². The van der Waals surface area contributed by atoms with E-state index >= 15 is 0 Å². The number of nitrogens with one attached hydrogen (secondary N) is 1. The van der Waals surface area contributed by atoms with Crippen LogP contribution in [0.15, 0.2) is 59.4 Å². The molecule has 8 nitrogen and oxygen atoms in total. The maximum atomic E-state index is 12.9. The summed E-state index contributed by atoms with van der Waals surface area (Å²) in [5, 5.41) is 7.29. The first-order valence-electron chi connectivity index (χ1n) is 9.95. The number of carbonyl (C=O) groups is 1. The number of ether oxygens (including phenoxy) is 2. The van der Waals surface area contributed by atoms with Gasteiger partial charge in [0.1, 0.15) is 5.82 Å². The zero-order chi connectivity index (χ0) is 20.9. The summed E-state index contributed by atoms with van der Waals surface area (Å²) >= 11 is 0. The summed E-state index contributed by atoms with van der Waals surface area (Å²) in [5.74, 6) is 1.90. The number of hydrogen-bond donors (Lipinski definition) is 1. The molecular formula is C22H24N4O4. The van der Waals surface area contributed by atoms with Crippen LogP contribution >= 0.6 is 0 Å². The van der Waals surface area contributed by atoms with Gasteiger partial charge in [-0.05, 0) is 37.1 Å². The lowest BCUT2D eigenvalue weighted by Gasteiger charge is -2.10. The SMILES string of the molecule is COc1ccccc1OCC(=O)NCCn1nc(C2CC2)n(-c2ccccc2)c1=O. The standard InChI is InChI=1S/C22H24N4O4/c1-29-18-9-5-6-10-19(18)30-15-20(27)23-13-14-25-22(28)26(17-7-3-2-4-8-17)21(24-25)16-11-12-16/h2-10,16H,11-15H2,1H3,(H,23,27). The number of carbonyl (C=O) groups excluding carboxylic acids is 1. The van der Waals surface area contributed by atoms with E-state index in [9.17, 15) is 9.59 Å². The molecule has 1 saturated carbocycles. The van der Waals surface area contributed by atoms with Gasteiger partial charge in [0, 0.05) is 12.5 Å². The molecule has 8 heteroatoms. The second kappa shape index (κ2) is 8.86. The Morgan fingerprint density at radius 1 is 1.10 bits per heavy atom. The van der Waals surface area contributed by atoms with Crippen molar-refractivity contribution in [1.29, 1.82) is 0 Å². The molecule has 30 heavy (non-hydrogen) atoms. The van der Waals surface area contributed by atoms with Crippen LogP contribution in [-0.4, -0.2) is 40.5 Å². The Kier molecular flexibility index (Phi) is 5.83. The highest BCUT2D eigenvalue weighted by Crippen LogP contribution is 2.39. The molecule has 1 aliphatic carbocycles. The van der Waals surface area contributed by atoms with Gasteiger partial charge in [0.05, 0.1) is 19.3 Å². The molecule has 1 N–H and O–H groups in total. The molecule has 0 unspecified atom stereocenters. The van der Waals surface area contributed by atoms with Crippen molar-refractivity contribution in [2.75, 3.05) is 20.3 Å². The van der Waals surface area contributed by atoms with Crippen molar-refractivity contribution in [3.05, 3.63) is 70.9 Å². The summed E-state index contributed by atoms with van der Waals surface area (Å²) in [7, 11) is 1.55. The Labute approximate surface area is 174 Å². The van der Waals surface area contributed by atoms with Crippen molar-refractivity contribution < 1.29 is 14.3 Å². The molecule has 1 fully saturated rings.